The summed E-state index contributed by atoms with van der Waals surface area (Å²) in [5, 5.41) is 24.2. The minimum Gasteiger partial charge on any atom is -0.493 e. The van der Waals surface area contributed by atoms with Gasteiger partial charge in [0.05, 0.1) is 28.9 Å². The summed E-state index contributed by atoms with van der Waals surface area (Å²) in [6.07, 6.45) is 0.977. The summed E-state index contributed by atoms with van der Waals surface area (Å²) in [6, 6.07) is 4.41. The predicted octanol–water partition coefficient (Wildman–Crippen LogP) is 1.71. The van der Waals surface area contributed by atoms with Crippen LogP contribution in [-0.2, 0) is 21.3 Å². The molecule has 1 atom stereocenters. The van der Waals surface area contributed by atoms with Crippen molar-refractivity contribution in [2.75, 3.05) is 26.3 Å². The number of hydrogen-bond acceptors (Lipinski definition) is 10. The van der Waals surface area contributed by atoms with E-state index in [1.54, 1.807) is 13.8 Å². The molecule has 0 amide bonds. The molecule has 0 spiro atoms. The molecule has 1 fully saturated rings. The molecule has 0 aliphatic carbocycles. The normalized spacial score (nSPS) is 15.9. The Morgan fingerprint density at radius 2 is 2.00 bits per heavy atom. The highest BCUT2D eigenvalue weighted by Gasteiger charge is 2.33. The zero-order valence-corrected chi connectivity index (χ0v) is 22.8. The fourth-order valence-corrected chi connectivity index (χ4v) is 6.30. The molecule has 3 aromatic rings. The van der Waals surface area contributed by atoms with Crippen molar-refractivity contribution in [1.29, 1.82) is 0 Å². The van der Waals surface area contributed by atoms with Crippen LogP contribution in [-0.4, -0.2) is 74.9 Å². The van der Waals surface area contributed by atoms with Crippen LogP contribution >= 0.6 is 0 Å². The van der Waals surface area contributed by atoms with Crippen molar-refractivity contribution < 1.29 is 28.2 Å². The fraction of sp³-hybridized carbons (Fsp3) is 0.542. The number of H-pyrrole nitrogens is 1. The van der Waals surface area contributed by atoms with E-state index < -0.39 is 33.4 Å². The zero-order chi connectivity index (χ0) is 28.3. The second-order valence-electron chi connectivity index (χ2n) is 9.35. The maximum absolute atomic E-state index is 13.6. The Hall–Kier alpha value is -3.56. The maximum atomic E-state index is 13.6. The number of sulfonamides is 1. The number of aromatic amines is 1. The largest absolute Gasteiger partial charge is 0.493 e. The van der Waals surface area contributed by atoms with Crippen LogP contribution in [0.2, 0.25) is 0 Å². The number of fused-ring (bicyclic) bond motifs is 1. The Morgan fingerprint density at radius 3 is 2.64 bits per heavy atom. The van der Waals surface area contributed by atoms with Gasteiger partial charge in [-0.3, -0.25) is 4.79 Å². The second-order valence-corrected chi connectivity index (χ2v) is 11.3. The molecule has 212 valence electrons. The van der Waals surface area contributed by atoms with Crippen LogP contribution in [0, 0.1) is 23.0 Å². The molecule has 1 saturated heterocycles. The molecule has 0 unspecified atom stereocenters. The molecule has 0 bridgehead atoms. The molecular formula is C24H32N6O8S. The summed E-state index contributed by atoms with van der Waals surface area (Å²) in [5.41, 5.74) is 0.800. The molecule has 1 aromatic carbocycles. The van der Waals surface area contributed by atoms with E-state index in [-0.39, 0.29) is 29.7 Å². The molecule has 14 nitrogen and oxygen atoms in total. The third kappa shape index (κ3) is 5.89. The van der Waals surface area contributed by atoms with Crippen molar-refractivity contribution in [3.8, 4) is 17.1 Å². The number of aryl methyl sites for hydroxylation is 2. The molecule has 2 aromatic heterocycles. The van der Waals surface area contributed by atoms with E-state index in [9.17, 15) is 28.4 Å². The first-order valence-corrected chi connectivity index (χ1v) is 14.2. The molecule has 0 radical (unpaired) electrons. The lowest BCUT2D eigenvalue weighted by Gasteiger charge is -2.33. The highest BCUT2D eigenvalue weighted by molar-refractivity contribution is 7.89. The van der Waals surface area contributed by atoms with Gasteiger partial charge in [-0.1, -0.05) is 6.92 Å². The van der Waals surface area contributed by atoms with Crippen molar-refractivity contribution in [1.82, 2.24) is 23.9 Å². The van der Waals surface area contributed by atoms with E-state index in [0.29, 0.717) is 54.2 Å². The standard InChI is InChI=1S/C24H32N6O8S/c1-4-6-21-25-15(3)22-24(32)26-23(27-29(21)22)18-13-17(7-8-20(18)37-5-2)39(35,36)28-11-9-16(10-12-28)19(31)14-38-30(33)34/h7-8,13,16,19,31H,4-6,9-12,14H2,1-3H3,(H,26,27,32)/t19-/m0/s1. The van der Waals surface area contributed by atoms with Gasteiger partial charge in [0.25, 0.3) is 10.6 Å². The van der Waals surface area contributed by atoms with Crippen LogP contribution in [0.15, 0.2) is 27.9 Å². The van der Waals surface area contributed by atoms with E-state index >= 15 is 0 Å². The van der Waals surface area contributed by atoms with Crippen molar-refractivity contribution in [2.24, 2.45) is 5.92 Å². The van der Waals surface area contributed by atoms with Crippen molar-refractivity contribution in [3.63, 3.8) is 0 Å². The number of aliphatic hydroxyl groups is 1. The minimum atomic E-state index is -3.95. The lowest BCUT2D eigenvalue weighted by Crippen LogP contribution is -2.42. The minimum absolute atomic E-state index is 0.00465. The van der Waals surface area contributed by atoms with Crippen LogP contribution in [0.3, 0.4) is 0 Å². The molecule has 2 N–H and O–H groups in total. The first-order chi connectivity index (χ1) is 18.6. The second kappa shape index (κ2) is 11.7. The molecule has 4 rings (SSSR count). The maximum Gasteiger partial charge on any atom is 0.294 e. The van der Waals surface area contributed by atoms with Gasteiger partial charge in [-0.25, -0.2) is 17.9 Å². The highest BCUT2D eigenvalue weighted by atomic mass is 32.2. The van der Waals surface area contributed by atoms with Crippen molar-refractivity contribution >= 4 is 15.5 Å². The summed E-state index contributed by atoms with van der Waals surface area (Å²) in [7, 11) is -3.95. The number of aliphatic hydroxyl groups excluding tert-OH is 1. The highest BCUT2D eigenvalue weighted by Crippen LogP contribution is 2.33. The van der Waals surface area contributed by atoms with Gasteiger partial charge in [0.2, 0.25) is 10.0 Å². The van der Waals surface area contributed by atoms with Crippen molar-refractivity contribution in [3.05, 3.63) is 50.2 Å². The Morgan fingerprint density at radius 1 is 1.28 bits per heavy atom. The van der Waals surface area contributed by atoms with E-state index in [1.165, 1.54) is 27.0 Å². The SMILES string of the molecule is CCCc1nc(C)c2c(=O)[nH]c(-c3cc(S(=O)(=O)N4CCC([C@@H](O)CO[N+](=O)[O-])CC4)ccc3OCC)nn12. The van der Waals surface area contributed by atoms with Gasteiger partial charge in [0.15, 0.2) is 11.3 Å². The van der Waals surface area contributed by atoms with Crippen molar-refractivity contribution in [2.45, 2.75) is 57.5 Å². The summed E-state index contributed by atoms with van der Waals surface area (Å²) in [5.74, 6) is 0.813. The van der Waals surface area contributed by atoms with Gasteiger partial charge in [0, 0.05) is 19.5 Å². The van der Waals surface area contributed by atoms with Gasteiger partial charge in [-0.2, -0.15) is 4.31 Å². The number of hydrogen-bond donors (Lipinski definition) is 2. The molecular weight excluding hydrogens is 532 g/mol. The van der Waals surface area contributed by atoms with Gasteiger partial charge in [-0.05, 0) is 57.2 Å². The number of nitrogens with one attached hydrogen (secondary N) is 1. The predicted molar refractivity (Wildman–Crippen MR) is 139 cm³/mol. The number of aromatic nitrogens is 4. The smallest absolute Gasteiger partial charge is 0.294 e. The fourth-order valence-electron chi connectivity index (χ4n) is 4.80. The van der Waals surface area contributed by atoms with Crippen LogP contribution in [0.4, 0.5) is 0 Å². The van der Waals surface area contributed by atoms with Gasteiger partial charge < -0.3 is 19.7 Å². The number of piperidine rings is 1. The van der Waals surface area contributed by atoms with Crippen LogP contribution < -0.4 is 10.3 Å². The van der Waals surface area contributed by atoms with Gasteiger partial charge in [0.1, 0.15) is 18.2 Å². The third-order valence-corrected chi connectivity index (χ3v) is 8.65. The number of benzene rings is 1. The molecule has 0 saturated carbocycles. The number of ether oxygens (including phenoxy) is 1. The van der Waals surface area contributed by atoms with E-state index in [2.05, 4.69) is 19.9 Å². The lowest BCUT2D eigenvalue weighted by atomic mass is 9.93. The Kier molecular flexibility index (Phi) is 8.51. The molecule has 3 heterocycles. The van der Waals surface area contributed by atoms with E-state index in [1.807, 2.05) is 6.92 Å². The first-order valence-electron chi connectivity index (χ1n) is 12.8. The van der Waals surface area contributed by atoms with E-state index in [4.69, 9.17) is 4.74 Å². The van der Waals surface area contributed by atoms with Crippen LogP contribution in [0.1, 0.15) is 44.6 Å². The molecule has 39 heavy (non-hydrogen) atoms. The number of nitrogens with zero attached hydrogens (tertiary/aromatic N) is 5. The molecule has 1 aliphatic heterocycles. The Labute approximate surface area is 224 Å². The average Bonchev–Trinajstić information content (AvgIpc) is 3.23. The lowest BCUT2D eigenvalue weighted by molar-refractivity contribution is -0.759. The third-order valence-electron chi connectivity index (χ3n) is 6.75. The van der Waals surface area contributed by atoms with Crippen LogP contribution in [0.5, 0.6) is 5.75 Å². The summed E-state index contributed by atoms with van der Waals surface area (Å²) in [6.45, 7) is 5.63. The zero-order valence-electron chi connectivity index (χ0n) is 22.0. The molecule has 15 heteroatoms. The summed E-state index contributed by atoms with van der Waals surface area (Å²) >= 11 is 0. The monoisotopic (exact) mass is 564 g/mol. The summed E-state index contributed by atoms with van der Waals surface area (Å²) < 4.78 is 35.7. The topological polar surface area (TPSA) is 182 Å². The number of imidazole rings is 1. The molecule has 1 aliphatic rings. The van der Waals surface area contributed by atoms with Gasteiger partial charge >= 0.3 is 0 Å². The first kappa shape index (κ1) is 28.4. The Bertz CT molecular complexity index is 1510. The van der Waals surface area contributed by atoms with E-state index in [0.717, 1.165) is 6.42 Å². The average molecular weight is 565 g/mol. The summed E-state index contributed by atoms with van der Waals surface area (Å²) in [4.78, 5) is 34.9. The number of rotatable bonds is 11. The Balaban J connectivity index is 1.66. The quantitative estimate of drug-likeness (QED) is 0.257. The van der Waals surface area contributed by atoms with Gasteiger partial charge in [-0.15, -0.1) is 15.2 Å². The van der Waals surface area contributed by atoms with Crippen LogP contribution in [0.25, 0.3) is 16.9 Å².